The molecule has 0 fully saturated rings. The maximum absolute atomic E-state index is 12.2. The highest BCUT2D eigenvalue weighted by atomic mass is 32.2. The van der Waals surface area contributed by atoms with E-state index in [1.807, 2.05) is 31.2 Å². The number of hydrogen-bond donors (Lipinski definition) is 2. The lowest BCUT2D eigenvalue weighted by atomic mass is 10.2. The number of nitrogens with one attached hydrogen (secondary N) is 2. The molecule has 0 aliphatic carbocycles. The first-order valence-electron chi connectivity index (χ1n) is 7.48. The second kappa shape index (κ2) is 6.45. The van der Waals surface area contributed by atoms with Crippen molar-refractivity contribution in [2.75, 3.05) is 11.1 Å². The molecule has 0 aliphatic heterocycles. The van der Waals surface area contributed by atoms with Crippen LogP contribution in [0, 0.1) is 6.92 Å². The van der Waals surface area contributed by atoms with E-state index in [-0.39, 0.29) is 17.1 Å². The zero-order valence-electron chi connectivity index (χ0n) is 13.1. The molecule has 1 amide bonds. The van der Waals surface area contributed by atoms with Crippen molar-refractivity contribution in [1.82, 2.24) is 9.97 Å². The number of aryl methyl sites for hydroxylation is 1. The van der Waals surface area contributed by atoms with Gasteiger partial charge in [-0.25, -0.2) is 13.4 Å². The van der Waals surface area contributed by atoms with E-state index < -0.39 is 15.7 Å². The van der Waals surface area contributed by atoms with E-state index in [1.54, 1.807) is 24.3 Å². The summed E-state index contributed by atoms with van der Waals surface area (Å²) >= 11 is 0. The van der Waals surface area contributed by atoms with Crippen LogP contribution in [0.25, 0.3) is 11.0 Å². The highest BCUT2D eigenvalue weighted by molar-refractivity contribution is 7.91. The van der Waals surface area contributed by atoms with Crippen LogP contribution in [0.2, 0.25) is 0 Å². The number of carbonyl (C=O) groups excluding carboxylic acids is 1. The topological polar surface area (TPSA) is 91.9 Å². The molecule has 0 atom stereocenters. The number of para-hydroxylation sites is 2. The number of nitrogens with zero attached hydrogens (tertiary/aromatic N) is 1. The summed E-state index contributed by atoms with van der Waals surface area (Å²) in [4.78, 5) is 19.4. The largest absolute Gasteiger partial charge is 0.324 e. The van der Waals surface area contributed by atoms with E-state index in [1.165, 1.54) is 0 Å². The molecule has 1 aromatic heterocycles. The van der Waals surface area contributed by atoms with Gasteiger partial charge in [0.15, 0.2) is 9.84 Å². The third-order valence-corrected chi connectivity index (χ3v) is 5.36. The van der Waals surface area contributed by atoms with Crippen molar-refractivity contribution in [3.63, 3.8) is 0 Å². The Hall–Kier alpha value is -2.67. The second-order valence-corrected chi connectivity index (χ2v) is 7.64. The third-order valence-electron chi connectivity index (χ3n) is 3.63. The summed E-state index contributed by atoms with van der Waals surface area (Å²) in [5.74, 6) is -0.332. The van der Waals surface area contributed by atoms with E-state index in [0.29, 0.717) is 5.95 Å². The van der Waals surface area contributed by atoms with Crippen LogP contribution in [0.5, 0.6) is 0 Å². The molecule has 7 heteroatoms. The summed E-state index contributed by atoms with van der Waals surface area (Å²) in [6.07, 6.45) is -0.132. The first kappa shape index (κ1) is 16.2. The maximum Gasteiger partial charge on any atom is 0.227 e. The number of anilines is 1. The van der Waals surface area contributed by atoms with Crippen molar-refractivity contribution in [2.24, 2.45) is 0 Å². The van der Waals surface area contributed by atoms with Crippen LogP contribution in [0.1, 0.15) is 12.0 Å². The van der Waals surface area contributed by atoms with E-state index in [2.05, 4.69) is 15.3 Å². The van der Waals surface area contributed by atoms with Gasteiger partial charge in [0.2, 0.25) is 11.9 Å². The van der Waals surface area contributed by atoms with E-state index >= 15 is 0 Å². The lowest BCUT2D eigenvalue weighted by Crippen LogP contribution is -2.18. The molecular weight excluding hydrogens is 326 g/mol. The standard InChI is InChI=1S/C17H17N3O3S/c1-12-6-8-13(9-7-12)24(22,23)11-10-16(21)20-17-18-14-4-2-3-5-15(14)19-17/h2-9H,10-11H2,1H3,(H2,18,19,20,21). The molecule has 24 heavy (non-hydrogen) atoms. The Morgan fingerprint density at radius 1 is 1.12 bits per heavy atom. The first-order valence-corrected chi connectivity index (χ1v) is 9.13. The fourth-order valence-corrected chi connectivity index (χ4v) is 3.54. The molecule has 6 nitrogen and oxygen atoms in total. The Bertz CT molecular complexity index is 943. The number of hydrogen-bond acceptors (Lipinski definition) is 4. The van der Waals surface area contributed by atoms with Crippen molar-refractivity contribution in [3.05, 3.63) is 54.1 Å². The normalized spacial score (nSPS) is 11.5. The lowest BCUT2D eigenvalue weighted by Gasteiger charge is -2.05. The quantitative estimate of drug-likeness (QED) is 0.745. The van der Waals surface area contributed by atoms with Crippen molar-refractivity contribution in [3.8, 4) is 0 Å². The van der Waals surface area contributed by atoms with Gasteiger partial charge in [-0.05, 0) is 31.2 Å². The summed E-state index contributed by atoms with van der Waals surface area (Å²) in [7, 11) is -3.48. The maximum atomic E-state index is 12.2. The molecule has 3 aromatic rings. The molecule has 0 saturated heterocycles. The SMILES string of the molecule is Cc1ccc(S(=O)(=O)CCC(=O)Nc2nc3ccccc3[nH]2)cc1. The minimum Gasteiger partial charge on any atom is -0.324 e. The van der Waals surface area contributed by atoms with Gasteiger partial charge in [0.25, 0.3) is 0 Å². The predicted molar refractivity (Wildman–Crippen MR) is 92.6 cm³/mol. The summed E-state index contributed by atoms with van der Waals surface area (Å²) < 4.78 is 24.5. The van der Waals surface area contributed by atoms with Gasteiger partial charge in [-0.2, -0.15) is 0 Å². The van der Waals surface area contributed by atoms with E-state index in [4.69, 9.17) is 0 Å². The number of aromatic amines is 1. The number of fused-ring (bicyclic) bond motifs is 1. The van der Waals surface area contributed by atoms with Gasteiger partial charge in [0, 0.05) is 6.42 Å². The van der Waals surface area contributed by atoms with Crippen LogP contribution < -0.4 is 5.32 Å². The Morgan fingerprint density at radius 2 is 1.83 bits per heavy atom. The van der Waals surface area contributed by atoms with Gasteiger partial charge in [0.1, 0.15) is 0 Å². The Kier molecular flexibility index (Phi) is 4.35. The van der Waals surface area contributed by atoms with Crippen molar-refractivity contribution in [2.45, 2.75) is 18.2 Å². The monoisotopic (exact) mass is 343 g/mol. The van der Waals surface area contributed by atoms with E-state index in [9.17, 15) is 13.2 Å². The fourth-order valence-electron chi connectivity index (χ4n) is 2.30. The van der Waals surface area contributed by atoms with Crippen molar-refractivity contribution >= 4 is 32.7 Å². The number of aromatic nitrogens is 2. The molecule has 0 radical (unpaired) electrons. The second-order valence-electron chi connectivity index (χ2n) is 5.53. The highest BCUT2D eigenvalue weighted by Gasteiger charge is 2.17. The molecule has 0 aliphatic rings. The number of benzene rings is 2. The molecule has 2 N–H and O–H groups in total. The van der Waals surface area contributed by atoms with Crippen molar-refractivity contribution in [1.29, 1.82) is 0 Å². The minimum atomic E-state index is -3.48. The summed E-state index contributed by atoms with van der Waals surface area (Å²) in [5.41, 5.74) is 2.52. The third kappa shape index (κ3) is 3.62. The summed E-state index contributed by atoms with van der Waals surface area (Å²) in [5, 5.41) is 2.59. The number of carbonyl (C=O) groups is 1. The van der Waals surface area contributed by atoms with Crippen LogP contribution in [0.3, 0.4) is 0 Å². The average Bonchev–Trinajstić information content (AvgIpc) is 2.95. The van der Waals surface area contributed by atoms with Gasteiger partial charge in [-0.15, -0.1) is 0 Å². The van der Waals surface area contributed by atoms with Crippen LogP contribution >= 0.6 is 0 Å². The molecule has 0 saturated carbocycles. The molecule has 0 unspecified atom stereocenters. The minimum absolute atomic E-state index is 0.132. The molecule has 0 spiro atoms. The van der Waals surface area contributed by atoms with Crippen LogP contribution in [-0.2, 0) is 14.6 Å². The molecule has 1 heterocycles. The molecule has 3 rings (SSSR count). The highest BCUT2D eigenvalue weighted by Crippen LogP contribution is 2.15. The van der Waals surface area contributed by atoms with Crippen molar-refractivity contribution < 1.29 is 13.2 Å². The average molecular weight is 343 g/mol. The summed E-state index contributed by atoms with van der Waals surface area (Å²) in [6, 6.07) is 14.0. The number of imidazole rings is 1. The van der Waals surface area contributed by atoms with Gasteiger partial charge in [-0.1, -0.05) is 29.8 Å². The number of sulfone groups is 1. The predicted octanol–water partition coefficient (Wildman–Crippen LogP) is 2.67. The first-order chi connectivity index (χ1) is 11.4. The number of rotatable bonds is 5. The molecule has 124 valence electrons. The van der Waals surface area contributed by atoms with Crippen LogP contribution in [0.4, 0.5) is 5.95 Å². The molecular formula is C17H17N3O3S. The number of amides is 1. The van der Waals surface area contributed by atoms with Gasteiger partial charge < -0.3 is 4.98 Å². The van der Waals surface area contributed by atoms with Gasteiger partial charge in [-0.3, -0.25) is 10.1 Å². The zero-order valence-corrected chi connectivity index (χ0v) is 13.9. The van der Waals surface area contributed by atoms with E-state index in [0.717, 1.165) is 16.6 Å². The van der Waals surface area contributed by atoms with Crippen LogP contribution in [0.15, 0.2) is 53.4 Å². The smallest absolute Gasteiger partial charge is 0.227 e. The van der Waals surface area contributed by atoms with Gasteiger partial charge in [0.05, 0.1) is 21.7 Å². The Morgan fingerprint density at radius 3 is 2.54 bits per heavy atom. The zero-order chi connectivity index (χ0) is 17.2. The lowest BCUT2D eigenvalue weighted by molar-refractivity contribution is -0.115. The molecule has 0 bridgehead atoms. The van der Waals surface area contributed by atoms with Gasteiger partial charge >= 0.3 is 0 Å². The Labute approximate surface area is 139 Å². The molecule has 2 aromatic carbocycles. The fraction of sp³-hybridized carbons (Fsp3) is 0.176. The number of H-pyrrole nitrogens is 1. The van der Waals surface area contributed by atoms with Crippen LogP contribution in [-0.4, -0.2) is 30.0 Å². The Balaban J connectivity index is 1.63. The summed E-state index contributed by atoms with van der Waals surface area (Å²) in [6.45, 7) is 1.89.